The van der Waals surface area contributed by atoms with E-state index in [-0.39, 0.29) is 5.82 Å². The number of hydrogen-bond acceptors (Lipinski definition) is 2. The van der Waals surface area contributed by atoms with Gasteiger partial charge in [-0.25, -0.2) is 9.37 Å². The van der Waals surface area contributed by atoms with Gasteiger partial charge in [0.25, 0.3) is 0 Å². The van der Waals surface area contributed by atoms with Gasteiger partial charge in [0.2, 0.25) is 0 Å². The lowest BCUT2D eigenvalue weighted by molar-refractivity contribution is 0.381. The molecule has 112 valence electrons. The molecule has 1 fully saturated rings. The Morgan fingerprint density at radius 3 is 2.71 bits per heavy atom. The Morgan fingerprint density at radius 2 is 2.00 bits per heavy atom. The number of nitrogens with zero attached hydrogens (tertiary/aromatic N) is 2. The zero-order valence-electron chi connectivity index (χ0n) is 12.6. The molecule has 0 aliphatic carbocycles. The summed E-state index contributed by atoms with van der Waals surface area (Å²) in [5.74, 6) is 0.626. The summed E-state index contributed by atoms with van der Waals surface area (Å²) in [6.45, 7) is 6.31. The van der Waals surface area contributed by atoms with Crippen molar-refractivity contribution < 1.29 is 4.39 Å². The maximum atomic E-state index is 13.2. The van der Waals surface area contributed by atoms with Crippen molar-refractivity contribution in [3.63, 3.8) is 0 Å². The number of benzene rings is 1. The fraction of sp³-hybridized carbons (Fsp3) is 0.471. The van der Waals surface area contributed by atoms with E-state index in [0.717, 1.165) is 19.5 Å². The SMILES string of the molecule is CC(C)n1cncc1C1CCNCC1c1ccc(F)cc1. The van der Waals surface area contributed by atoms with E-state index in [2.05, 4.69) is 28.7 Å². The van der Waals surface area contributed by atoms with Crippen molar-refractivity contribution in [2.45, 2.75) is 38.1 Å². The van der Waals surface area contributed by atoms with Gasteiger partial charge in [-0.15, -0.1) is 0 Å². The molecule has 0 spiro atoms. The lowest BCUT2D eigenvalue weighted by Crippen LogP contribution is -2.35. The van der Waals surface area contributed by atoms with Gasteiger partial charge in [0.05, 0.1) is 6.33 Å². The summed E-state index contributed by atoms with van der Waals surface area (Å²) in [5, 5.41) is 3.47. The van der Waals surface area contributed by atoms with E-state index in [0.29, 0.717) is 17.9 Å². The van der Waals surface area contributed by atoms with Crippen molar-refractivity contribution in [3.8, 4) is 0 Å². The average molecular weight is 287 g/mol. The molecule has 1 saturated heterocycles. The van der Waals surface area contributed by atoms with Crippen molar-refractivity contribution in [3.05, 3.63) is 53.9 Å². The summed E-state index contributed by atoms with van der Waals surface area (Å²) < 4.78 is 15.4. The highest BCUT2D eigenvalue weighted by molar-refractivity contribution is 5.27. The van der Waals surface area contributed by atoms with Crippen LogP contribution in [-0.2, 0) is 0 Å². The Hall–Kier alpha value is -1.68. The zero-order valence-corrected chi connectivity index (χ0v) is 12.6. The fourth-order valence-corrected chi connectivity index (χ4v) is 3.31. The Balaban J connectivity index is 1.94. The van der Waals surface area contributed by atoms with Gasteiger partial charge in [-0.3, -0.25) is 0 Å². The van der Waals surface area contributed by atoms with Crippen LogP contribution in [-0.4, -0.2) is 22.6 Å². The van der Waals surface area contributed by atoms with E-state index < -0.39 is 0 Å². The monoisotopic (exact) mass is 287 g/mol. The second-order valence-electron chi connectivity index (χ2n) is 6.08. The van der Waals surface area contributed by atoms with Gasteiger partial charge in [0, 0.05) is 36.3 Å². The number of rotatable bonds is 3. The standard InChI is InChI=1S/C17H22FN3/c1-12(2)21-11-20-10-17(21)15-7-8-19-9-16(15)13-3-5-14(18)6-4-13/h3-6,10-12,15-16,19H,7-9H2,1-2H3. The highest BCUT2D eigenvalue weighted by Crippen LogP contribution is 2.37. The average Bonchev–Trinajstić information content (AvgIpc) is 2.98. The molecule has 2 aromatic rings. The molecule has 1 aliphatic heterocycles. The maximum Gasteiger partial charge on any atom is 0.123 e. The van der Waals surface area contributed by atoms with E-state index in [1.165, 1.54) is 11.3 Å². The molecular weight excluding hydrogens is 265 g/mol. The van der Waals surface area contributed by atoms with Crippen LogP contribution in [0.2, 0.25) is 0 Å². The summed E-state index contributed by atoms with van der Waals surface area (Å²) in [6.07, 6.45) is 5.00. The molecule has 0 radical (unpaired) electrons. The molecule has 0 saturated carbocycles. The number of piperidine rings is 1. The molecule has 1 N–H and O–H groups in total. The Morgan fingerprint density at radius 1 is 1.24 bits per heavy atom. The molecule has 1 aromatic carbocycles. The molecule has 1 aromatic heterocycles. The number of halogens is 1. The molecule has 0 amide bonds. The van der Waals surface area contributed by atoms with Crippen LogP contribution < -0.4 is 5.32 Å². The third kappa shape index (κ3) is 2.86. The summed E-state index contributed by atoms with van der Waals surface area (Å²) in [4.78, 5) is 4.34. The Kier molecular flexibility index (Phi) is 4.06. The third-order valence-electron chi connectivity index (χ3n) is 4.41. The molecule has 3 nitrogen and oxygen atoms in total. The van der Waals surface area contributed by atoms with Crippen LogP contribution in [0.3, 0.4) is 0 Å². The zero-order chi connectivity index (χ0) is 14.8. The van der Waals surface area contributed by atoms with E-state index in [9.17, 15) is 4.39 Å². The van der Waals surface area contributed by atoms with Crippen LogP contribution >= 0.6 is 0 Å². The highest BCUT2D eigenvalue weighted by Gasteiger charge is 2.30. The maximum absolute atomic E-state index is 13.2. The second kappa shape index (κ2) is 5.98. The minimum atomic E-state index is -0.175. The van der Waals surface area contributed by atoms with Crippen molar-refractivity contribution in [1.29, 1.82) is 0 Å². The molecule has 0 bridgehead atoms. The van der Waals surface area contributed by atoms with Gasteiger partial charge in [0.15, 0.2) is 0 Å². The van der Waals surface area contributed by atoms with Crippen LogP contribution in [0.15, 0.2) is 36.8 Å². The van der Waals surface area contributed by atoms with Crippen LogP contribution in [0, 0.1) is 5.82 Å². The molecule has 2 heterocycles. The summed E-state index contributed by atoms with van der Waals surface area (Å²) >= 11 is 0. The topological polar surface area (TPSA) is 29.9 Å². The molecule has 4 heteroatoms. The first-order valence-electron chi connectivity index (χ1n) is 7.64. The van der Waals surface area contributed by atoms with E-state index in [4.69, 9.17) is 0 Å². The van der Waals surface area contributed by atoms with Gasteiger partial charge in [-0.2, -0.15) is 0 Å². The van der Waals surface area contributed by atoms with Gasteiger partial charge in [-0.1, -0.05) is 12.1 Å². The number of nitrogens with one attached hydrogen (secondary N) is 1. The van der Waals surface area contributed by atoms with Crippen molar-refractivity contribution in [2.24, 2.45) is 0 Å². The third-order valence-corrected chi connectivity index (χ3v) is 4.41. The lowest BCUT2D eigenvalue weighted by Gasteiger charge is -2.33. The lowest BCUT2D eigenvalue weighted by atomic mass is 9.79. The van der Waals surface area contributed by atoms with Crippen LogP contribution in [0.5, 0.6) is 0 Å². The summed E-state index contributed by atoms with van der Waals surface area (Å²) in [5.41, 5.74) is 2.49. The first kappa shape index (κ1) is 14.3. The molecular formula is C17H22FN3. The first-order valence-corrected chi connectivity index (χ1v) is 7.64. The predicted octanol–water partition coefficient (Wildman–Crippen LogP) is 3.46. The van der Waals surface area contributed by atoms with Crippen molar-refractivity contribution in [1.82, 2.24) is 14.9 Å². The van der Waals surface area contributed by atoms with Crippen LogP contribution in [0.4, 0.5) is 4.39 Å². The quantitative estimate of drug-likeness (QED) is 0.937. The van der Waals surface area contributed by atoms with Crippen molar-refractivity contribution in [2.75, 3.05) is 13.1 Å². The minimum absolute atomic E-state index is 0.175. The molecule has 2 atom stereocenters. The minimum Gasteiger partial charge on any atom is -0.332 e. The molecule has 1 aliphatic rings. The molecule has 21 heavy (non-hydrogen) atoms. The molecule has 3 rings (SSSR count). The van der Waals surface area contributed by atoms with E-state index >= 15 is 0 Å². The number of hydrogen-bond donors (Lipinski definition) is 1. The Labute approximate surface area is 125 Å². The smallest absolute Gasteiger partial charge is 0.123 e. The number of aromatic nitrogens is 2. The largest absolute Gasteiger partial charge is 0.332 e. The summed E-state index contributed by atoms with van der Waals surface area (Å²) in [7, 11) is 0. The Bertz CT molecular complexity index is 588. The molecule has 2 unspecified atom stereocenters. The van der Waals surface area contributed by atoms with Gasteiger partial charge in [0.1, 0.15) is 5.82 Å². The fourth-order valence-electron chi connectivity index (χ4n) is 3.31. The predicted molar refractivity (Wildman–Crippen MR) is 82.0 cm³/mol. The van der Waals surface area contributed by atoms with Crippen LogP contribution in [0.1, 0.15) is 49.4 Å². The van der Waals surface area contributed by atoms with Gasteiger partial charge < -0.3 is 9.88 Å². The van der Waals surface area contributed by atoms with E-state index in [1.807, 2.05) is 24.7 Å². The second-order valence-corrected chi connectivity index (χ2v) is 6.08. The van der Waals surface area contributed by atoms with Crippen LogP contribution in [0.25, 0.3) is 0 Å². The van der Waals surface area contributed by atoms with Gasteiger partial charge >= 0.3 is 0 Å². The number of imidazole rings is 1. The highest BCUT2D eigenvalue weighted by atomic mass is 19.1. The van der Waals surface area contributed by atoms with Gasteiger partial charge in [-0.05, 0) is 44.5 Å². The van der Waals surface area contributed by atoms with Crippen molar-refractivity contribution >= 4 is 0 Å². The van der Waals surface area contributed by atoms with E-state index in [1.54, 1.807) is 12.1 Å². The summed E-state index contributed by atoms with van der Waals surface area (Å²) in [6, 6.07) is 7.35. The first-order chi connectivity index (χ1) is 10.2. The normalized spacial score (nSPS) is 22.7.